The SMILES string of the molecule is CC(O)CN(Cc1ccc(-c2ccncc2)cc1F)C(C)C. The molecule has 1 N–H and O–H groups in total. The number of hydrogen-bond acceptors (Lipinski definition) is 3. The molecule has 0 aliphatic heterocycles. The van der Waals surface area contributed by atoms with Crippen molar-refractivity contribution in [3.8, 4) is 11.1 Å². The van der Waals surface area contributed by atoms with Crippen LogP contribution in [0.3, 0.4) is 0 Å². The number of aliphatic hydroxyl groups is 1. The summed E-state index contributed by atoms with van der Waals surface area (Å²) in [5, 5.41) is 9.57. The zero-order valence-corrected chi connectivity index (χ0v) is 13.3. The maximum atomic E-state index is 14.4. The van der Waals surface area contributed by atoms with Crippen LogP contribution < -0.4 is 0 Å². The molecular formula is C18H23FN2O. The van der Waals surface area contributed by atoms with Crippen LogP contribution in [0.2, 0.25) is 0 Å². The molecule has 2 rings (SSSR count). The molecule has 2 aromatic rings. The van der Waals surface area contributed by atoms with Crippen LogP contribution in [0.25, 0.3) is 11.1 Å². The maximum Gasteiger partial charge on any atom is 0.128 e. The lowest BCUT2D eigenvalue weighted by Crippen LogP contribution is -2.36. The molecule has 0 radical (unpaired) electrons. The van der Waals surface area contributed by atoms with Crippen molar-refractivity contribution in [2.45, 2.75) is 39.5 Å². The lowest BCUT2D eigenvalue weighted by atomic mass is 10.0. The molecule has 0 aliphatic carbocycles. The largest absolute Gasteiger partial charge is 0.392 e. The summed E-state index contributed by atoms with van der Waals surface area (Å²) in [6.07, 6.45) is 2.97. The van der Waals surface area contributed by atoms with Crippen molar-refractivity contribution in [1.82, 2.24) is 9.88 Å². The smallest absolute Gasteiger partial charge is 0.128 e. The maximum absolute atomic E-state index is 14.4. The van der Waals surface area contributed by atoms with Gasteiger partial charge in [0, 0.05) is 37.1 Å². The third-order valence-electron chi connectivity index (χ3n) is 3.67. The van der Waals surface area contributed by atoms with Crippen molar-refractivity contribution in [1.29, 1.82) is 0 Å². The molecule has 1 unspecified atom stereocenters. The molecule has 0 amide bonds. The van der Waals surface area contributed by atoms with Gasteiger partial charge in [-0.05, 0) is 50.1 Å². The molecule has 1 heterocycles. The Bertz CT molecular complexity index is 599. The van der Waals surface area contributed by atoms with E-state index in [1.54, 1.807) is 25.4 Å². The summed E-state index contributed by atoms with van der Waals surface area (Å²) in [5.41, 5.74) is 2.44. The van der Waals surface area contributed by atoms with Crippen LogP contribution in [0.4, 0.5) is 4.39 Å². The molecule has 0 bridgehead atoms. The Morgan fingerprint density at radius 1 is 1.09 bits per heavy atom. The predicted molar refractivity (Wildman–Crippen MR) is 86.9 cm³/mol. The molecule has 0 fully saturated rings. The van der Waals surface area contributed by atoms with E-state index in [9.17, 15) is 9.50 Å². The number of aromatic nitrogens is 1. The molecule has 22 heavy (non-hydrogen) atoms. The van der Waals surface area contributed by atoms with Crippen LogP contribution in [0, 0.1) is 5.82 Å². The Kier molecular flexibility index (Phi) is 5.63. The number of nitrogens with zero attached hydrogens (tertiary/aromatic N) is 2. The van der Waals surface area contributed by atoms with Crippen molar-refractivity contribution in [3.63, 3.8) is 0 Å². The first-order valence-corrected chi connectivity index (χ1v) is 7.58. The summed E-state index contributed by atoms with van der Waals surface area (Å²) < 4.78 is 14.4. The van der Waals surface area contributed by atoms with E-state index in [0.717, 1.165) is 11.1 Å². The predicted octanol–water partition coefficient (Wildman–Crippen LogP) is 3.48. The minimum absolute atomic E-state index is 0.217. The number of benzene rings is 1. The van der Waals surface area contributed by atoms with Crippen molar-refractivity contribution < 1.29 is 9.50 Å². The Balaban J connectivity index is 2.19. The van der Waals surface area contributed by atoms with E-state index in [1.807, 2.05) is 38.1 Å². The summed E-state index contributed by atoms with van der Waals surface area (Å²) >= 11 is 0. The minimum atomic E-state index is -0.429. The van der Waals surface area contributed by atoms with Crippen molar-refractivity contribution in [3.05, 3.63) is 54.1 Å². The lowest BCUT2D eigenvalue weighted by Gasteiger charge is -2.28. The van der Waals surface area contributed by atoms with Gasteiger partial charge in [-0.2, -0.15) is 0 Å². The molecule has 1 aromatic heterocycles. The van der Waals surface area contributed by atoms with Crippen LogP contribution in [-0.4, -0.2) is 33.7 Å². The van der Waals surface area contributed by atoms with Gasteiger partial charge in [0.15, 0.2) is 0 Å². The molecule has 1 atom stereocenters. The molecule has 118 valence electrons. The fourth-order valence-electron chi connectivity index (χ4n) is 2.42. The first-order chi connectivity index (χ1) is 10.5. The van der Waals surface area contributed by atoms with Crippen LogP contribution >= 0.6 is 0 Å². The van der Waals surface area contributed by atoms with Gasteiger partial charge in [-0.3, -0.25) is 9.88 Å². The molecule has 0 saturated heterocycles. The van der Waals surface area contributed by atoms with Crippen molar-refractivity contribution in [2.75, 3.05) is 6.54 Å². The van der Waals surface area contributed by atoms with Gasteiger partial charge in [0.25, 0.3) is 0 Å². The topological polar surface area (TPSA) is 36.4 Å². The molecule has 1 aromatic carbocycles. The normalized spacial score (nSPS) is 12.9. The third-order valence-corrected chi connectivity index (χ3v) is 3.67. The quantitative estimate of drug-likeness (QED) is 0.887. The lowest BCUT2D eigenvalue weighted by molar-refractivity contribution is 0.102. The third kappa shape index (κ3) is 4.36. The first kappa shape index (κ1) is 16.6. The van der Waals surface area contributed by atoms with E-state index in [-0.39, 0.29) is 11.9 Å². The Morgan fingerprint density at radius 2 is 1.77 bits per heavy atom. The summed E-state index contributed by atoms with van der Waals surface area (Å²) in [4.78, 5) is 6.04. The summed E-state index contributed by atoms with van der Waals surface area (Å²) in [6, 6.07) is 9.28. The summed E-state index contributed by atoms with van der Waals surface area (Å²) in [7, 11) is 0. The Labute approximate surface area is 131 Å². The number of hydrogen-bond donors (Lipinski definition) is 1. The molecule has 4 heteroatoms. The number of aliphatic hydroxyl groups excluding tert-OH is 1. The highest BCUT2D eigenvalue weighted by Crippen LogP contribution is 2.22. The molecule has 0 saturated carbocycles. The zero-order chi connectivity index (χ0) is 16.1. The molecule has 0 spiro atoms. The minimum Gasteiger partial charge on any atom is -0.392 e. The van der Waals surface area contributed by atoms with Gasteiger partial charge >= 0.3 is 0 Å². The second-order valence-corrected chi connectivity index (χ2v) is 5.91. The standard InChI is InChI=1S/C18H23FN2O/c1-13(2)21(11-14(3)22)12-17-5-4-16(10-18(17)19)15-6-8-20-9-7-15/h4-10,13-14,22H,11-12H2,1-3H3. The van der Waals surface area contributed by atoms with Crippen LogP contribution in [0.5, 0.6) is 0 Å². The number of pyridine rings is 1. The van der Waals surface area contributed by atoms with Gasteiger partial charge < -0.3 is 5.11 Å². The van der Waals surface area contributed by atoms with E-state index in [0.29, 0.717) is 18.7 Å². The summed E-state index contributed by atoms with van der Waals surface area (Å²) in [6.45, 7) is 6.86. The monoisotopic (exact) mass is 302 g/mol. The van der Waals surface area contributed by atoms with Gasteiger partial charge in [-0.25, -0.2) is 4.39 Å². The van der Waals surface area contributed by atoms with Crippen LogP contribution in [0.1, 0.15) is 26.3 Å². The summed E-state index contributed by atoms with van der Waals surface area (Å²) in [5.74, 6) is -0.217. The highest BCUT2D eigenvalue weighted by molar-refractivity contribution is 5.63. The molecule has 3 nitrogen and oxygen atoms in total. The average Bonchev–Trinajstić information content (AvgIpc) is 2.48. The first-order valence-electron chi connectivity index (χ1n) is 7.58. The zero-order valence-electron chi connectivity index (χ0n) is 13.3. The van der Waals surface area contributed by atoms with Gasteiger partial charge in [0.2, 0.25) is 0 Å². The molecule has 0 aliphatic rings. The van der Waals surface area contributed by atoms with Crippen LogP contribution in [0.15, 0.2) is 42.7 Å². The number of halogens is 1. The van der Waals surface area contributed by atoms with Gasteiger partial charge in [0.1, 0.15) is 5.82 Å². The highest BCUT2D eigenvalue weighted by Gasteiger charge is 2.15. The fraction of sp³-hybridized carbons (Fsp3) is 0.389. The van der Waals surface area contributed by atoms with Gasteiger partial charge in [-0.1, -0.05) is 12.1 Å². The van der Waals surface area contributed by atoms with Crippen molar-refractivity contribution in [2.24, 2.45) is 0 Å². The van der Waals surface area contributed by atoms with E-state index >= 15 is 0 Å². The second kappa shape index (κ2) is 7.47. The van der Waals surface area contributed by atoms with E-state index < -0.39 is 6.10 Å². The van der Waals surface area contributed by atoms with Gasteiger partial charge in [-0.15, -0.1) is 0 Å². The Hall–Kier alpha value is -1.78. The van der Waals surface area contributed by atoms with Crippen molar-refractivity contribution >= 4 is 0 Å². The Morgan fingerprint density at radius 3 is 2.32 bits per heavy atom. The van der Waals surface area contributed by atoms with E-state index in [2.05, 4.69) is 9.88 Å². The fourth-order valence-corrected chi connectivity index (χ4v) is 2.42. The van der Waals surface area contributed by atoms with E-state index in [4.69, 9.17) is 0 Å². The second-order valence-electron chi connectivity index (χ2n) is 5.91. The average molecular weight is 302 g/mol. The molecular weight excluding hydrogens is 279 g/mol. The highest BCUT2D eigenvalue weighted by atomic mass is 19.1. The number of rotatable bonds is 6. The van der Waals surface area contributed by atoms with Crippen LogP contribution in [-0.2, 0) is 6.54 Å². The van der Waals surface area contributed by atoms with Gasteiger partial charge in [0.05, 0.1) is 6.10 Å². The van der Waals surface area contributed by atoms with E-state index in [1.165, 1.54) is 0 Å².